The SMILES string of the molecule is CN1CCc2nc(NC(=O)NCCc3cccc(Br)c3)sc2C1. The summed E-state index contributed by atoms with van der Waals surface area (Å²) in [5.41, 5.74) is 2.31. The van der Waals surface area contributed by atoms with Gasteiger partial charge in [-0.05, 0) is 31.2 Å². The molecule has 0 saturated heterocycles. The fraction of sp³-hybridized carbons (Fsp3) is 0.375. The first kappa shape index (κ1) is 16.4. The molecule has 122 valence electrons. The molecule has 0 bridgehead atoms. The van der Waals surface area contributed by atoms with Crippen LogP contribution in [0.2, 0.25) is 0 Å². The molecule has 0 atom stereocenters. The third kappa shape index (κ3) is 4.53. The van der Waals surface area contributed by atoms with Gasteiger partial charge in [0.1, 0.15) is 0 Å². The van der Waals surface area contributed by atoms with E-state index in [4.69, 9.17) is 0 Å². The predicted octanol–water partition coefficient (Wildman–Crippen LogP) is 3.26. The number of thiazole rings is 1. The minimum Gasteiger partial charge on any atom is -0.337 e. The van der Waals surface area contributed by atoms with Crippen molar-refractivity contribution in [1.82, 2.24) is 15.2 Å². The number of fused-ring (bicyclic) bond motifs is 1. The minimum absolute atomic E-state index is 0.195. The lowest BCUT2D eigenvalue weighted by molar-refractivity contribution is 0.252. The molecule has 0 radical (unpaired) electrons. The summed E-state index contributed by atoms with van der Waals surface area (Å²) in [6.45, 7) is 2.53. The molecule has 2 N–H and O–H groups in total. The number of nitrogens with one attached hydrogen (secondary N) is 2. The second kappa shape index (κ2) is 7.42. The Balaban J connectivity index is 1.48. The van der Waals surface area contributed by atoms with E-state index in [0.29, 0.717) is 11.7 Å². The van der Waals surface area contributed by atoms with Crippen LogP contribution in [0, 0.1) is 0 Å². The maximum atomic E-state index is 12.0. The van der Waals surface area contributed by atoms with Gasteiger partial charge in [0.15, 0.2) is 5.13 Å². The standard InChI is InChI=1S/C16H19BrN4OS/c1-21-8-6-13-14(10-21)23-16(19-13)20-15(22)18-7-5-11-3-2-4-12(17)9-11/h2-4,9H,5-8,10H2,1H3,(H2,18,19,20,22). The second-order valence-electron chi connectivity index (χ2n) is 5.64. The number of carbonyl (C=O) groups excluding carboxylic acids is 1. The lowest BCUT2D eigenvalue weighted by atomic mass is 10.1. The summed E-state index contributed by atoms with van der Waals surface area (Å²) in [5, 5.41) is 6.41. The highest BCUT2D eigenvalue weighted by atomic mass is 79.9. The topological polar surface area (TPSA) is 57.3 Å². The first-order valence-electron chi connectivity index (χ1n) is 7.56. The third-order valence-electron chi connectivity index (χ3n) is 3.73. The molecule has 2 amide bonds. The molecule has 23 heavy (non-hydrogen) atoms. The van der Waals surface area contributed by atoms with Gasteiger partial charge in [-0.15, -0.1) is 11.3 Å². The van der Waals surface area contributed by atoms with Gasteiger partial charge in [0.2, 0.25) is 0 Å². The van der Waals surface area contributed by atoms with Crippen molar-refractivity contribution in [1.29, 1.82) is 0 Å². The molecule has 3 rings (SSSR count). The molecular weight excluding hydrogens is 376 g/mol. The van der Waals surface area contributed by atoms with Crippen LogP contribution in [0.1, 0.15) is 16.1 Å². The van der Waals surface area contributed by atoms with E-state index in [2.05, 4.69) is 55.6 Å². The van der Waals surface area contributed by atoms with Crippen molar-refractivity contribution >= 4 is 38.4 Å². The van der Waals surface area contributed by atoms with E-state index in [1.807, 2.05) is 12.1 Å². The molecule has 0 saturated carbocycles. The van der Waals surface area contributed by atoms with E-state index in [9.17, 15) is 4.79 Å². The fourth-order valence-corrected chi connectivity index (χ4v) is 4.06. The molecule has 0 fully saturated rings. The van der Waals surface area contributed by atoms with Gasteiger partial charge in [0, 0.05) is 35.4 Å². The highest BCUT2D eigenvalue weighted by Gasteiger charge is 2.18. The van der Waals surface area contributed by atoms with Gasteiger partial charge in [0.25, 0.3) is 0 Å². The molecule has 2 heterocycles. The Hall–Kier alpha value is -1.44. The van der Waals surface area contributed by atoms with E-state index in [1.54, 1.807) is 11.3 Å². The molecule has 5 nitrogen and oxygen atoms in total. The number of halogens is 1. The van der Waals surface area contributed by atoms with E-state index < -0.39 is 0 Å². The molecule has 1 aromatic heterocycles. The summed E-state index contributed by atoms with van der Waals surface area (Å²) in [6, 6.07) is 7.90. The van der Waals surface area contributed by atoms with Crippen molar-refractivity contribution in [3.63, 3.8) is 0 Å². The van der Waals surface area contributed by atoms with E-state index >= 15 is 0 Å². The number of anilines is 1. The normalized spacial score (nSPS) is 14.3. The quantitative estimate of drug-likeness (QED) is 0.836. The summed E-state index contributed by atoms with van der Waals surface area (Å²) in [4.78, 5) is 20.0. The Labute approximate surface area is 148 Å². The number of nitrogens with zero attached hydrogens (tertiary/aromatic N) is 2. The maximum absolute atomic E-state index is 12.0. The molecule has 1 aromatic carbocycles. The van der Waals surface area contributed by atoms with Gasteiger partial charge in [0.05, 0.1) is 5.69 Å². The molecule has 1 aliphatic heterocycles. The van der Waals surface area contributed by atoms with Crippen molar-refractivity contribution in [2.45, 2.75) is 19.4 Å². The monoisotopic (exact) mass is 394 g/mol. The van der Waals surface area contributed by atoms with Gasteiger partial charge in [-0.25, -0.2) is 9.78 Å². The molecule has 2 aromatic rings. The zero-order valence-corrected chi connectivity index (χ0v) is 15.3. The van der Waals surface area contributed by atoms with Crippen molar-refractivity contribution in [3.8, 4) is 0 Å². The predicted molar refractivity (Wildman–Crippen MR) is 97.0 cm³/mol. The van der Waals surface area contributed by atoms with Crippen LogP contribution in [-0.2, 0) is 19.4 Å². The zero-order chi connectivity index (χ0) is 16.2. The van der Waals surface area contributed by atoms with Crippen molar-refractivity contribution in [2.24, 2.45) is 0 Å². The molecule has 0 spiro atoms. The molecule has 0 unspecified atom stereocenters. The highest BCUT2D eigenvalue weighted by Crippen LogP contribution is 2.27. The third-order valence-corrected chi connectivity index (χ3v) is 5.22. The number of hydrogen-bond donors (Lipinski definition) is 2. The van der Waals surface area contributed by atoms with E-state index in [-0.39, 0.29) is 6.03 Å². The van der Waals surface area contributed by atoms with Gasteiger partial charge in [-0.3, -0.25) is 5.32 Å². The molecule has 1 aliphatic rings. The van der Waals surface area contributed by atoms with Gasteiger partial charge in [-0.1, -0.05) is 28.1 Å². The number of benzene rings is 1. The van der Waals surface area contributed by atoms with Crippen LogP contribution in [0.3, 0.4) is 0 Å². The van der Waals surface area contributed by atoms with Crippen molar-refractivity contribution < 1.29 is 4.79 Å². The van der Waals surface area contributed by atoms with E-state index in [1.165, 1.54) is 10.4 Å². The number of carbonyl (C=O) groups is 1. The van der Waals surface area contributed by atoms with Crippen LogP contribution < -0.4 is 10.6 Å². The van der Waals surface area contributed by atoms with Gasteiger partial charge in [-0.2, -0.15) is 0 Å². The van der Waals surface area contributed by atoms with Crippen molar-refractivity contribution in [2.75, 3.05) is 25.5 Å². The summed E-state index contributed by atoms with van der Waals surface area (Å²) in [6.07, 6.45) is 1.75. The average molecular weight is 395 g/mol. The van der Waals surface area contributed by atoms with Gasteiger partial charge >= 0.3 is 6.03 Å². The molecule has 7 heteroatoms. The Morgan fingerprint density at radius 3 is 3.17 bits per heavy atom. The zero-order valence-electron chi connectivity index (χ0n) is 12.9. The average Bonchev–Trinajstić information content (AvgIpc) is 2.88. The number of rotatable bonds is 4. The van der Waals surface area contributed by atoms with E-state index in [0.717, 1.165) is 36.1 Å². The van der Waals surface area contributed by atoms with Gasteiger partial charge < -0.3 is 10.2 Å². The fourth-order valence-electron chi connectivity index (χ4n) is 2.53. The molecule has 0 aliphatic carbocycles. The smallest absolute Gasteiger partial charge is 0.321 e. The van der Waals surface area contributed by atoms with Crippen LogP contribution in [-0.4, -0.2) is 36.1 Å². The highest BCUT2D eigenvalue weighted by molar-refractivity contribution is 9.10. The summed E-state index contributed by atoms with van der Waals surface area (Å²) in [7, 11) is 2.10. The maximum Gasteiger partial charge on any atom is 0.321 e. The number of urea groups is 1. The summed E-state index contributed by atoms with van der Waals surface area (Å²) in [5.74, 6) is 0. The summed E-state index contributed by atoms with van der Waals surface area (Å²) >= 11 is 5.02. The van der Waals surface area contributed by atoms with Crippen molar-refractivity contribution in [3.05, 3.63) is 44.9 Å². The minimum atomic E-state index is -0.195. The number of hydrogen-bond acceptors (Lipinski definition) is 4. The largest absolute Gasteiger partial charge is 0.337 e. The number of likely N-dealkylation sites (N-methyl/N-ethyl adjacent to an activating group) is 1. The summed E-state index contributed by atoms with van der Waals surface area (Å²) < 4.78 is 1.05. The second-order valence-corrected chi connectivity index (χ2v) is 7.64. The van der Waals surface area contributed by atoms with Crippen LogP contribution >= 0.6 is 27.3 Å². The lowest BCUT2D eigenvalue weighted by Crippen LogP contribution is -2.30. The van der Waals surface area contributed by atoms with Crippen LogP contribution in [0.5, 0.6) is 0 Å². The number of aromatic nitrogens is 1. The Bertz CT molecular complexity index is 703. The number of amides is 2. The Morgan fingerprint density at radius 1 is 1.48 bits per heavy atom. The van der Waals surface area contributed by atoms with Crippen LogP contribution in [0.25, 0.3) is 0 Å². The Kier molecular flexibility index (Phi) is 5.30. The van der Waals surface area contributed by atoms with Crippen LogP contribution in [0.15, 0.2) is 28.7 Å². The first-order valence-corrected chi connectivity index (χ1v) is 9.17. The Morgan fingerprint density at radius 2 is 2.35 bits per heavy atom. The first-order chi connectivity index (χ1) is 11.1. The lowest BCUT2D eigenvalue weighted by Gasteiger charge is -2.20. The van der Waals surface area contributed by atoms with Crippen LogP contribution in [0.4, 0.5) is 9.93 Å². The molecular formula is C16H19BrN4OS.